The van der Waals surface area contributed by atoms with Gasteiger partial charge in [-0.2, -0.15) is 0 Å². The Kier molecular flexibility index (Phi) is 7.69. The minimum Gasteiger partial charge on any atom is -0.480 e. The van der Waals surface area contributed by atoms with Crippen molar-refractivity contribution in [3.05, 3.63) is 0 Å². The molecule has 2 amide bonds. The number of hydrogen-bond donors (Lipinski definition) is 5. The maximum Gasteiger partial charge on any atom is 0.322 e. The Morgan fingerprint density at radius 2 is 1.84 bits per heavy atom. The highest BCUT2D eigenvalue weighted by Crippen LogP contribution is 2.05. The second-order valence-corrected chi connectivity index (χ2v) is 4.27. The van der Waals surface area contributed by atoms with Gasteiger partial charge in [-0.15, -0.1) is 0 Å². The lowest BCUT2D eigenvalue weighted by molar-refractivity contribution is -0.138. The SMILES string of the molecule is CCC(C)C(N)C(=O)NC(CO)C(=O)NCC(=O)O. The lowest BCUT2D eigenvalue weighted by Crippen LogP contribution is -2.55. The number of nitrogens with one attached hydrogen (secondary N) is 2. The molecule has 8 heteroatoms. The number of amides is 2. The summed E-state index contributed by atoms with van der Waals surface area (Å²) in [5, 5.41) is 21.8. The predicted molar refractivity (Wildman–Crippen MR) is 67.1 cm³/mol. The Labute approximate surface area is 111 Å². The summed E-state index contributed by atoms with van der Waals surface area (Å²) in [6, 6.07) is -1.99. The van der Waals surface area contributed by atoms with Gasteiger partial charge in [0.1, 0.15) is 12.6 Å². The Bertz CT molecular complexity index is 334. The summed E-state index contributed by atoms with van der Waals surface area (Å²) in [5.41, 5.74) is 5.68. The summed E-state index contributed by atoms with van der Waals surface area (Å²) in [5.74, 6) is -2.61. The third-order valence-electron chi connectivity index (χ3n) is 2.79. The van der Waals surface area contributed by atoms with E-state index in [0.29, 0.717) is 6.42 Å². The fourth-order valence-electron chi connectivity index (χ4n) is 1.26. The van der Waals surface area contributed by atoms with Gasteiger partial charge in [0.15, 0.2) is 0 Å². The van der Waals surface area contributed by atoms with Gasteiger partial charge in [-0.3, -0.25) is 14.4 Å². The minimum atomic E-state index is -1.22. The molecule has 6 N–H and O–H groups in total. The highest BCUT2D eigenvalue weighted by atomic mass is 16.4. The van der Waals surface area contributed by atoms with Crippen LogP contribution >= 0.6 is 0 Å². The van der Waals surface area contributed by atoms with Crippen LogP contribution in [-0.2, 0) is 14.4 Å². The van der Waals surface area contributed by atoms with E-state index in [1.807, 2.05) is 6.92 Å². The molecule has 0 aliphatic carbocycles. The third-order valence-corrected chi connectivity index (χ3v) is 2.79. The van der Waals surface area contributed by atoms with E-state index in [-0.39, 0.29) is 5.92 Å². The molecule has 0 saturated carbocycles. The Hall–Kier alpha value is -1.67. The van der Waals surface area contributed by atoms with Crippen LogP contribution in [0.2, 0.25) is 0 Å². The number of aliphatic hydroxyl groups excluding tert-OH is 1. The van der Waals surface area contributed by atoms with Crippen molar-refractivity contribution >= 4 is 17.8 Å². The highest BCUT2D eigenvalue weighted by molar-refractivity contribution is 5.91. The molecule has 0 aliphatic heterocycles. The first-order chi connectivity index (χ1) is 8.83. The zero-order valence-electron chi connectivity index (χ0n) is 11.0. The maximum atomic E-state index is 11.7. The molecular formula is C11H21N3O5. The lowest BCUT2D eigenvalue weighted by atomic mass is 9.99. The zero-order valence-corrected chi connectivity index (χ0v) is 11.0. The molecular weight excluding hydrogens is 254 g/mol. The van der Waals surface area contributed by atoms with E-state index in [4.69, 9.17) is 15.9 Å². The minimum absolute atomic E-state index is 0.0681. The smallest absolute Gasteiger partial charge is 0.322 e. The molecule has 0 saturated heterocycles. The highest BCUT2D eigenvalue weighted by Gasteiger charge is 2.25. The van der Waals surface area contributed by atoms with Gasteiger partial charge >= 0.3 is 5.97 Å². The lowest BCUT2D eigenvalue weighted by Gasteiger charge is -2.21. The standard InChI is InChI=1S/C11H21N3O5/c1-3-6(2)9(12)11(19)14-7(5-15)10(18)13-4-8(16)17/h6-7,9,15H,3-5,12H2,1-2H3,(H,13,18)(H,14,19)(H,16,17). The van der Waals surface area contributed by atoms with Gasteiger partial charge in [0.25, 0.3) is 0 Å². The number of nitrogens with two attached hydrogens (primary N) is 1. The van der Waals surface area contributed by atoms with Crippen LogP contribution in [0.4, 0.5) is 0 Å². The van der Waals surface area contributed by atoms with Crippen molar-refractivity contribution in [3.63, 3.8) is 0 Å². The molecule has 0 aliphatic rings. The average Bonchev–Trinajstić information content (AvgIpc) is 2.39. The molecule has 0 radical (unpaired) electrons. The van der Waals surface area contributed by atoms with Crippen LogP contribution < -0.4 is 16.4 Å². The molecule has 0 rings (SSSR count). The van der Waals surface area contributed by atoms with Gasteiger partial charge in [-0.25, -0.2) is 0 Å². The number of carbonyl (C=O) groups excluding carboxylic acids is 2. The molecule has 19 heavy (non-hydrogen) atoms. The van der Waals surface area contributed by atoms with Gasteiger partial charge in [0, 0.05) is 0 Å². The predicted octanol–water partition coefficient (Wildman–Crippen LogP) is -1.96. The Balaban J connectivity index is 4.42. The number of aliphatic hydroxyl groups is 1. The van der Waals surface area contributed by atoms with E-state index in [2.05, 4.69) is 10.6 Å². The molecule has 0 aromatic carbocycles. The first-order valence-corrected chi connectivity index (χ1v) is 5.99. The summed E-state index contributed by atoms with van der Waals surface area (Å²) in [6.07, 6.45) is 0.698. The van der Waals surface area contributed by atoms with E-state index in [0.717, 1.165) is 0 Å². The largest absolute Gasteiger partial charge is 0.480 e. The van der Waals surface area contributed by atoms with E-state index in [1.165, 1.54) is 0 Å². The molecule has 0 fully saturated rings. The molecule has 0 spiro atoms. The molecule has 0 heterocycles. The van der Waals surface area contributed by atoms with Gasteiger partial charge in [-0.1, -0.05) is 20.3 Å². The van der Waals surface area contributed by atoms with Crippen molar-refractivity contribution in [3.8, 4) is 0 Å². The number of carboxylic acids is 1. The number of aliphatic carboxylic acids is 1. The number of carbonyl (C=O) groups is 3. The van der Waals surface area contributed by atoms with Crippen molar-refractivity contribution in [1.29, 1.82) is 0 Å². The normalized spacial score (nSPS) is 15.2. The van der Waals surface area contributed by atoms with Gasteiger partial charge in [-0.05, 0) is 5.92 Å². The summed E-state index contributed by atoms with van der Waals surface area (Å²) in [7, 11) is 0. The van der Waals surface area contributed by atoms with Gasteiger partial charge in [0.05, 0.1) is 12.6 Å². The number of rotatable bonds is 8. The summed E-state index contributed by atoms with van der Waals surface area (Å²) in [4.78, 5) is 33.5. The summed E-state index contributed by atoms with van der Waals surface area (Å²) in [6.45, 7) is 2.45. The van der Waals surface area contributed by atoms with Crippen molar-refractivity contribution in [1.82, 2.24) is 10.6 Å². The van der Waals surface area contributed by atoms with Crippen molar-refractivity contribution in [2.75, 3.05) is 13.2 Å². The maximum absolute atomic E-state index is 11.7. The van der Waals surface area contributed by atoms with Crippen molar-refractivity contribution in [2.24, 2.45) is 11.7 Å². The summed E-state index contributed by atoms with van der Waals surface area (Å²) >= 11 is 0. The number of hydrogen-bond acceptors (Lipinski definition) is 5. The average molecular weight is 275 g/mol. The monoisotopic (exact) mass is 275 g/mol. The second kappa shape index (κ2) is 8.44. The van der Waals surface area contributed by atoms with Crippen LogP contribution in [0.3, 0.4) is 0 Å². The van der Waals surface area contributed by atoms with Crippen LogP contribution in [0.5, 0.6) is 0 Å². The third kappa shape index (κ3) is 6.16. The molecule has 0 aromatic rings. The van der Waals surface area contributed by atoms with Crippen LogP contribution in [0, 0.1) is 5.92 Å². The van der Waals surface area contributed by atoms with Crippen LogP contribution in [0.1, 0.15) is 20.3 Å². The first-order valence-electron chi connectivity index (χ1n) is 5.99. The summed E-state index contributed by atoms with van der Waals surface area (Å²) < 4.78 is 0. The molecule has 3 atom stereocenters. The second-order valence-electron chi connectivity index (χ2n) is 4.27. The van der Waals surface area contributed by atoms with Crippen LogP contribution in [0.15, 0.2) is 0 Å². The van der Waals surface area contributed by atoms with E-state index in [1.54, 1.807) is 6.92 Å². The Morgan fingerprint density at radius 1 is 1.26 bits per heavy atom. The van der Waals surface area contributed by atoms with Crippen LogP contribution in [-0.4, -0.2) is 53.2 Å². The number of carboxylic acid groups (broad SMARTS) is 1. The van der Waals surface area contributed by atoms with E-state index in [9.17, 15) is 14.4 Å². The van der Waals surface area contributed by atoms with Gasteiger partial charge in [0.2, 0.25) is 11.8 Å². The topological polar surface area (TPSA) is 142 Å². The van der Waals surface area contributed by atoms with Crippen molar-refractivity contribution < 1.29 is 24.6 Å². The zero-order chi connectivity index (χ0) is 15.0. The quantitative estimate of drug-likeness (QED) is 0.348. The first kappa shape index (κ1) is 17.3. The fourth-order valence-corrected chi connectivity index (χ4v) is 1.26. The molecule has 110 valence electrons. The van der Waals surface area contributed by atoms with Gasteiger partial charge < -0.3 is 26.6 Å². The Morgan fingerprint density at radius 3 is 2.26 bits per heavy atom. The fraction of sp³-hybridized carbons (Fsp3) is 0.727. The van der Waals surface area contributed by atoms with E-state index >= 15 is 0 Å². The molecule has 0 bridgehead atoms. The molecule has 8 nitrogen and oxygen atoms in total. The van der Waals surface area contributed by atoms with Crippen LogP contribution in [0.25, 0.3) is 0 Å². The van der Waals surface area contributed by atoms with Crippen molar-refractivity contribution in [2.45, 2.75) is 32.4 Å². The molecule has 3 unspecified atom stereocenters. The molecule has 0 aromatic heterocycles. The van der Waals surface area contributed by atoms with E-state index < -0.39 is 43.0 Å².